The predicted octanol–water partition coefficient (Wildman–Crippen LogP) is 3.88. The van der Waals surface area contributed by atoms with Crippen LogP contribution in [0.5, 0.6) is 0 Å². The molecular formula is C19H30Cl2N4O. The van der Waals surface area contributed by atoms with Gasteiger partial charge in [-0.3, -0.25) is 4.79 Å². The highest BCUT2D eigenvalue weighted by molar-refractivity contribution is 5.85. The maximum absolute atomic E-state index is 12.9. The Kier molecular flexibility index (Phi) is 8.38. The Labute approximate surface area is 167 Å². The first-order valence-electron chi connectivity index (χ1n) is 9.07. The van der Waals surface area contributed by atoms with E-state index in [2.05, 4.69) is 24.9 Å². The maximum Gasteiger partial charge on any atom is 0.230 e. The van der Waals surface area contributed by atoms with E-state index in [1.165, 1.54) is 0 Å². The number of aromatic amines is 1. The molecule has 1 aromatic heterocycles. The van der Waals surface area contributed by atoms with Crippen LogP contribution in [0.3, 0.4) is 0 Å². The quantitative estimate of drug-likeness (QED) is 0.799. The van der Waals surface area contributed by atoms with Gasteiger partial charge in [-0.05, 0) is 37.8 Å². The number of rotatable bonds is 5. The molecule has 3 N–H and O–H groups in total. The van der Waals surface area contributed by atoms with E-state index in [9.17, 15) is 4.79 Å². The minimum absolute atomic E-state index is 0. The van der Waals surface area contributed by atoms with E-state index in [4.69, 9.17) is 10.7 Å². The summed E-state index contributed by atoms with van der Waals surface area (Å²) in [5, 5.41) is 0. The first-order valence-corrected chi connectivity index (χ1v) is 9.07. The lowest BCUT2D eigenvalue weighted by atomic mass is 9.80. The number of benzene rings is 1. The molecule has 2 heterocycles. The van der Waals surface area contributed by atoms with Crippen LogP contribution in [-0.2, 0) is 4.79 Å². The monoisotopic (exact) mass is 400 g/mol. The van der Waals surface area contributed by atoms with Crippen molar-refractivity contribution in [2.75, 3.05) is 19.6 Å². The number of hydrogen-bond donors (Lipinski definition) is 2. The van der Waals surface area contributed by atoms with E-state index < -0.39 is 0 Å². The average molecular weight is 401 g/mol. The number of imidazole rings is 1. The van der Waals surface area contributed by atoms with Crippen molar-refractivity contribution in [3.05, 3.63) is 30.1 Å². The van der Waals surface area contributed by atoms with Gasteiger partial charge in [-0.25, -0.2) is 4.98 Å². The molecule has 1 amide bonds. The van der Waals surface area contributed by atoms with Crippen molar-refractivity contribution >= 4 is 41.8 Å². The van der Waals surface area contributed by atoms with Crippen molar-refractivity contribution in [2.24, 2.45) is 11.1 Å². The molecule has 1 aromatic carbocycles. The summed E-state index contributed by atoms with van der Waals surface area (Å²) < 4.78 is 0. The number of para-hydroxylation sites is 2. The Bertz CT molecular complexity index is 665. The average Bonchev–Trinajstić information content (AvgIpc) is 3.08. The summed E-state index contributed by atoms with van der Waals surface area (Å²) in [6.45, 7) is 6.15. The fourth-order valence-electron chi connectivity index (χ4n) is 3.79. The first kappa shape index (κ1) is 22.7. The lowest BCUT2D eigenvalue weighted by Crippen LogP contribution is -2.50. The summed E-state index contributed by atoms with van der Waals surface area (Å²) >= 11 is 0. The summed E-state index contributed by atoms with van der Waals surface area (Å²) in [5.74, 6) is 1.69. The number of piperidine rings is 1. The van der Waals surface area contributed by atoms with E-state index in [0.29, 0.717) is 12.5 Å². The SMILES string of the molecule is CCC(CC)(CN)C(=O)N1CCC(c2nc3ccccc3[nH]2)CC1.Cl.Cl. The molecular weight excluding hydrogens is 371 g/mol. The highest BCUT2D eigenvalue weighted by atomic mass is 35.5. The van der Waals surface area contributed by atoms with E-state index >= 15 is 0 Å². The largest absolute Gasteiger partial charge is 0.342 e. The number of nitrogens with one attached hydrogen (secondary N) is 1. The van der Waals surface area contributed by atoms with Crippen molar-refractivity contribution in [1.82, 2.24) is 14.9 Å². The molecule has 0 spiro atoms. The van der Waals surface area contributed by atoms with Crippen LogP contribution in [-0.4, -0.2) is 40.4 Å². The summed E-state index contributed by atoms with van der Waals surface area (Å²) in [6, 6.07) is 8.12. The van der Waals surface area contributed by atoms with Gasteiger partial charge in [-0.1, -0.05) is 26.0 Å². The van der Waals surface area contributed by atoms with Crippen LogP contribution >= 0.6 is 24.8 Å². The van der Waals surface area contributed by atoms with Crippen molar-refractivity contribution in [3.63, 3.8) is 0 Å². The first-order chi connectivity index (χ1) is 11.6. The van der Waals surface area contributed by atoms with Crippen LogP contribution in [0.25, 0.3) is 11.0 Å². The minimum Gasteiger partial charge on any atom is -0.342 e. The molecule has 26 heavy (non-hydrogen) atoms. The topological polar surface area (TPSA) is 75.0 Å². The zero-order chi connectivity index (χ0) is 17.2. The number of aromatic nitrogens is 2. The fourth-order valence-corrected chi connectivity index (χ4v) is 3.79. The van der Waals surface area contributed by atoms with Gasteiger partial charge in [0, 0.05) is 25.6 Å². The second-order valence-electron chi connectivity index (χ2n) is 6.90. The summed E-state index contributed by atoms with van der Waals surface area (Å²) in [6.07, 6.45) is 3.53. The van der Waals surface area contributed by atoms with Gasteiger partial charge in [-0.2, -0.15) is 0 Å². The van der Waals surface area contributed by atoms with Crippen molar-refractivity contribution < 1.29 is 4.79 Å². The van der Waals surface area contributed by atoms with Crippen LogP contribution < -0.4 is 5.73 Å². The van der Waals surface area contributed by atoms with Crippen LogP contribution in [0.1, 0.15) is 51.3 Å². The number of fused-ring (bicyclic) bond motifs is 1. The molecule has 7 heteroatoms. The smallest absolute Gasteiger partial charge is 0.230 e. The number of nitrogens with zero attached hydrogens (tertiary/aromatic N) is 2. The van der Waals surface area contributed by atoms with Crippen molar-refractivity contribution in [2.45, 2.75) is 45.4 Å². The van der Waals surface area contributed by atoms with Crippen molar-refractivity contribution in [3.8, 4) is 0 Å². The van der Waals surface area contributed by atoms with Gasteiger partial charge in [0.2, 0.25) is 5.91 Å². The molecule has 1 aliphatic heterocycles. The lowest BCUT2D eigenvalue weighted by Gasteiger charge is -2.38. The molecule has 1 fully saturated rings. The molecule has 0 atom stereocenters. The van der Waals surface area contributed by atoms with Crippen molar-refractivity contribution in [1.29, 1.82) is 0 Å². The number of carbonyl (C=O) groups is 1. The molecule has 0 radical (unpaired) electrons. The highest BCUT2D eigenvalue weighted by Crippen LogP contribution is 2.32. The second kappa shape index (κ2) is 9.58. The van der Waals surface area contributed by atoms with Gasteiger partial charge < -0.3 is 15.6 Å². The molecule has 0 saturated carbocycles. The van der Waals surface area contributed by atoms with Gasteiger partial charge in [0.25, 0.3) is 0 Å². The summed E-state index contributed by atoms with van der Waals surface area (Å²) in [5.41, 5.74) is 7.66. The fraction of sp³-hybridized carbons (Fsp3) is 0.579. The van der Waals surface area contributed by atoms with Crippen LogP contribution in [0.2, 0.25) is 0 Å². The Morgan fingerprint density at radius 3 is 2.38 bits per heavy atom. The summed E-state index contributed by atoms with van der Waals surface area (Å²) in [4.78, 5) is 23.1. The Morgan fingerprint density at radius 2 is 1.85 bits per heavy atom. The van der Waals surface area contributed by atoms with Gasteiger partial charge in [-0.15, -0.1) is 24.8 Å². The van der Waals surface area contributed by atoms with Crippen LogP contribution in [0, 0.1) is 5.41 Å². The number of halogens is 2. The van der Waals surface area contributed by atoms with Crippen LogP contribution in [0.4, 0.5) is 0 Å². The normalized spacial score (nSPS) is 15.4. The number of amides is 1. The number of H-pyrrole nitrogens is 1. The number of hydrogen-bond acceptors (Lipinski definition) is 3. The van der Waals surface area contributed by atoms with Crippen LogP contribution in [0.15, 0.2) is 24.3 Å². The second-order valence-corrected chi connectivity index (χ2v) is 6.90. The summed E-state index contributed by atoms with van der Waals surface area (Å²) in [7, 11) is 0. The van der Waals surface area contributed by atoms with E-state index in [0.717, 1.165) is 55.6 Å². The maximum atomic E-state index is 12.9. The third kappa shape index (κ3) is 4.16. The minimum atomic E-state index is -0.383. The molecule has 5 nitrogen and oxygen atoms in total. The molecule has 146 valence electrons. The zero-order valence-electron chi connectivity index (χ0n) is 15.5. The van der Waals surface area contributed by atoms with Gasteiger partial charge in [0.15, 0.2) is 0 Å². The number of nitrogens with two attached hydrogens (primary N) is 1. The number of carbonyl (C=O) groups excluding carboxylic acids is 1. The third-order valence-electron chi connectivity index (χ3n) is 5.77. The molecule has 1 saturated heterocycles. The van der Waals surface area contributed by atoms with E-state index in [1.54, 1.807) is 0 Å². The molecule has 3 rings (SSSR count). The Balaban J connectivity index is 0.00000169. The number of likely N-dealkylation sites (tertiary alicyclic amines) is 1. The molecule has 2 aromatic rings. The molecule has 0 unspecified atom stereocenters. The van der Waals surface area contributed by atoms with Gasteiger partial charge in [0.05, 0.1) is 16.4 Å². The lowest BCUT2D eigenvalue weighted by molar-refractivity contribution is -0.143. The van der Waals surface area contributed by atoms with E-state index in [1.807, 2.05) is 23.1 Å². The highest BCUT2D eigenvalue weighted by Gasteiger charge is 2.38. The standard InChI is InChI=1S/C19H28N4O.2ClH/c1-3-19(4-2,13-20)18(24)23-11-9-14(10-12-23)17-21-15-7-5-6-8-16(15)22-17;;/h5-8,14H,3-4,9-13,20H2,1-2H3,(H,21,22);2*1H. The molecule has 1 aliphatic rings. The molecule has 0 aliphatic carbocycles. The Hall–Kier alpha value is -1.30. The molecule has 0 bridgehead atoms. The van der Waals surface area contributed by atoms with Gasteiger partial charge in [0.1, 0.15) is 5.82 Å². The van der Waals surface area contributed by atoms with E-state index in [-0.39, 0.29) is 36.1 Å². The third-order valence-corrected chi connectivity index (χ3v) is 5.77. The Morgan fingerprint density at radius 1 is 1.23 bits per heavy atom. The predicted molar refractivity (Wildman–Crippen MR) is 111 cm³/mol. The zero-order valence-corrected chi connectivity index (χ0v) is 17.2. The van der Waals surface area contributed by atoms with Gasteiger partial charge >= 0.3 is 0 Å².